The van der Waals surface area contributed by atoms with Crippen molar-refractivity contribution >= 4 is 11.9 Å². The number of ether oxygens (including phenoxy) is 1. The normalized spacial score (nSPS) is 18.6. The molecule has 1 saturated heterocycles. The van der Waals surface area contributed by atoms with E-state index in [-0.39, 0.29) is 5.91 Å². The number of hydrogen-bond acceptors (Lipinski definition) is 4. The molecular formula is C14H26N2O4. The largest absolute Gasteiger partial charge is 0.480 e. The molecule has 1 fully saturated rings. The third kappa shape index (κ3) is 3.12. The number of hydrogen-bond donors (Lipinski definition) is 2. The average Bonchev–Trinajstić information content (AvgIpc) is 2.40. The Labute approximate surface area is 120 Å². The van der Waals surface area contributed by atoms with E-state index in [0.717, 1.165) is 13.1 Å². The molecule has 2 N–H and O–H groups in total. The minimum absolute atomic E-state index is 0.115. The van der Waals surface area contributed by atoms with Crippen LogP contribution in [0.2, 0.25) is 0 Å². The minimum Gasteiger partial charge on any atom is -0.480 e. The van der Waals surface area contributed by atoms with Gasteiger partial charge in [-0.25, -0.2) is 4.79 Å². The summed E-state index contributed by atoms with van der Waals surface area (Å²) in [5, 5.41) is 12.6. The van der Waals surface area contributed by atoms with Gasteiger partial charge in [0.1, 0.15) is 5.54 Å². The number of carboxylic acid groups (broad SMARTS) is 1. The Morgan fingerprint density at radius 2 is 1.90 bits per heavy atom. The van der Waals surface area contributed by atoms with Crippen LogP contribution < -0.4 is 5.32 Å². The zero-order valence-corrected chi connectivity index (χ0v) is 12.9. The summed E-state index contributed by atoms with van der Waals surface area (Å²) in [6.45, 7) is 7.15. The molecule has 0 aliphatic carbocycles. The Balaban J connectivity index is 3.06. The smallest absolute Gasteiger partial charge is 0.329 e. The molecule has 20 heavy (non-hydrogen) atoms. The molecule has 0 unspecified atom stereocenters. The van der Waals surface area contributed by atoms with E-state index in [1.807, 2.05) is 6.92 Å². The second kappa shape index (κ2) is 6.54. The second-order valence-corrected chi connectivity index (χ2v) is 5.88. The molecule has 0 aromatic carbocycles. The van der Waals surface area contributed by atoms with E-state index in [1.165, 1.54) is 4.90 Å². The molecule has 1 aliphatic heterocycles. The van der Waals surface area contributed by atoms with Gasteiger partial charge in [0.2, 0.25) is 5.91 Å². The highest BCUT2D eigenvalue weighted by Gasteiger charge is 2.47. The predicted octanol–water partition coefficient (Wildman–Crippen LogP) is 0.714. The number of piperidine rings is 1. The lowest BCUT2D eigenvalue weighted by molar-refractivity contribution is -0.164. The van der Waals surface area contributed by atoms with Gasteiger partial charge in [0.15, 0.2) is 0 Å². The number of carbonyl (C=O) groups excluding carboxylic acids is 1. The number of rotatable bonds is 6. The van der Waals surface area contributed by atoms with Gasteiger partial charge in [0, 0.05) is 13.7 Å². The highest BCUT2D eigenvalue weighted by Crippen LogP contribution is 2.34. The van der Waals surface area contributed by atoms with Crippen LogP contribution in [0.25, 0.3) is 0 Å². The predicted molar refractivity (Wildman–Crippen MR) is 75.5 cm³/mol. The van der Waals surface area contributed by atoms with Crippen LogP contribution in [0.4, 0.5) is 0 Å². The fourth-order valence-corrected chi connectivity index (χ4v) is 2.80. The third-order valence-corrected chi connectivity index (χ3v) is 4.19. The quantitative estimate of drug-likeness (QED) is 0.752. The van der Waals surface area contributed by atoms with Crippen molar-refractivity contribution < 1.29 is 19.4 Å². The van der Waals surface area contributed by atoms with Crippen LogP contribution in [0.5, 0.6) is 0 Å². The summed E-state index contributed by atoms with van der Waals surface area (Å²) in [7, 11) is 1.58. The Hall–Kier alpha value is -1.14. The summed E-state index contributed by atoms with van der Waals surface area (Å²) in [5.74, 6) is -1.11. The van der Waals surface area contributed by atoms with Crippen molar-refractivity contribution in [1.29, 1.82) is 0 Å². The Morgan fingerprint density at radius 3 is 2.30 bits per heavy atom. The molecule has 0 bridgehead atoms. The van der Waals surface area contributed by atoms with Crippen LogP contribution in [0, 0.1) is 5.41 Å². The van der Waals surface area contributed by atoms with Crippen molar-refractivity contribution in [1.82, 2.24) is 10.2 Å². The Morgan fingerprint density at radius 1 is 1.35 bits per heavy atom. The Kier molecular flexibility index (Phi) is 5.53. The standard InChI is InChI=1S/C14H26N2O4/c1-5-16(13(2,3)12(18)19)11(17)14(10-20-4)6-8-15-9-7-14/h15H,5-10H2,1-4H3,(H,18,19). The first kappa shape index (κ1) is 16.9. The van der Waals surface area contributed by atoms with Gasteiger partial charge in [-0.1, -0.05) is 0 Å². The molecule has 6 nitrogen and oxygen atoms in total. The molecule has 1 amide bonds. The molecule has 0 aromatic heterocycles. The van der Waals surface area contributed by atoms with Crippen LogP contribution in [-0.2, 0) is 14.3 Å². The van der Waals surface area contributed by atoms with E-state index in [2.05, 4.69) is 5.32 Å². The number of amides is 1. The van der Waals surface area contributed by atoms with Crippen molar-refractivity contribution in [3.05, 3.63) is 0 Å². The molecule has 1 rings (SSSR count). The first-order valence-corrected chi connectivity index (χ1v) is 7.07. The van der Waals surface area contributed by atoms with Crippen molar-refractivity contribution in [2.24, 2.45) is 5.41 Å². The van der Waals surface area contributed by atoms with E-state index in [0.29, 0.717) is 26.0 Å². The first-order valence-electron chi connectivity index (χ1n) is 7.07. The number of carboxylic acids is 1. The highest BCUT2D eigenvalue weighted by atomic mass is 16.5. The van der Waals surface area contributed by atoms with Crippen LogP contribution in [-0.4, -0.2) is 60.8 Å². The minimum atomic E-state index is -1.21. The van der Waals surface area contributed by atoms with Gasteiger partial charge >= 0.3 is 5.97 Å². The van der Waals surface area contributed by atoms with Gasteiger partial charge in [-0.3, -0.25) is 4.79 Å². The highest BCUT2D eigenvalue weighted by molar-refractivity contribution is 5.89. The number of carbonyl (C=O) groups is 2. The third-order valence-electron chi connectivity index (χ3n) is 4.19. The number of methoxy groups -OCH3 is 1. The number of nitrogens with one attached hydrogen (secondary N) is 1. The van der Waals surface area contributed by atoms with E-state index in [1.54, 1.807) is 21.0 Å². The molecule has 0 spiro atoms. The fraction of sp³-hybridized carbons (Fsp3) is 0.857. The summed E-state index contributed by atoms with van der Waals surface area (Å²) < 4.78 is 5.25. The molecule has 116 valence electrons. The van der Waals surface area contributed by atoms with Gasteiger partial charge in [0.25, 0.3) is 0 Å². The van der Waals surface area contributed by atoms with Crippen LogP contribution in [0.15, 0.2) is 0 Å². The summed E-state index contributed by atoms with van der Waals surface area (Å²) in [6.07, 6.45) is 1.34. The summed E-state index contributed by atoms with van der Waals surface area (Å²) in [4.78, 5) is 25.8. The summed E-state index contributed by atoms with van der Waals surface area (Å²) in [5.41, 5.74) is -1.82. The molecule has 1 heterocycles. The summed E-state index contributed by atoms with van der Waals surface area (Å²) >= 11 is 0. The maximum absolute atomic E-state index is 12.9. The lowest BCUT2D eigenvalue weighted by Gasteiger charge is -2.43. The molecule has 0 aromatic rings. The second-order valence-electron chi connectivity index (χ2n) is 5.88. The van der Waals surface area contributed by atoms with E-state index < -0.39 is 16.9 Å². The van der Waals surface area contributed by atoms with E-state index in [4.69, 9.17) is 4.74 Å². The molecule has 1 aliphatic rings. The maximum atomic E-state index is 12.9. The van der Waals surface area contributed by atoms with Gasteiger partial charge in [-0.05, 0) is 46.7 Å². The van der Waals surface area contributed by atoms with Crippen molar-refractivity contribution in [3.8, 4) is 0 Å². The van der Waals surface area contributed by atoms with Crippen LogP contribution in [0.3, 0.4) is 0 Å². The Bertz CT molecular complexity index is 357. The zero-order valence-electron chi connectivity index (χ0n) is 12.9. The average molecular weight is 286 g/mol. The first-order chi connectivity index (χ1) is 9.31. The van der Waals surface area contributed by atoms with Crippen molar-refractivity contribution in [2.75, 3.05) is 33.4 Å². The van der Waals surface area contributed by atoms with Crippen LogP contribution >= 0.6 is 0 Å². The van der Waals surface area contributed by atoms with Gasteiger partial charge < -0.3 is 20.1 Å². The van der Waals surface area contributed by atoms with Crippen molar-refractivity contribution in [3.63, 3.8) is 0 Å². The molecular weight excluding hydrogens is 260 g/mol. The van der Waals surface area contributed by atoms with E-state index in [9.17, 15) is 14.7 Å². The number of likely N-dealkylation sites (N-methyl/N-ethyl adjacent to an activating group) is 1. The SMILES string of the molecule is CCN(C(=O)C1(COC)CCNCC1)C(C)(C)C(=O)O. The topological polar surface area (TPSA) is 78.9 Å². The van der Waals surface area contributed by atoms with Crippen molar-refractivity contribution in [2.45, 2.75) is 39.2 Å². The lowest BCUT2D eigenvalue weighted by atomic mass is 9.77. The maximum Gasteiger partial charge on any atom is 0.329 e. The van der Waals surface area contributed by atoms with Gasteiger partial charge in [-0.15, -0.1) is 0 Å². The molecule has 6 heteroatoms. The number of aliphatic carboxylic acids is 1. The van der Waals surface area contributed by atoms with E-state index >= 15 is 0 Å². The fourth-order valence-electron chi connectivity index (χ4n) is 2.80. The van der Waals surface area contributed by atoms with Gasteiger partial charge in [0.05, 0.1) is 12.0 Å². The molecule has 0 radical (unpaired) electrons. The summed E-state index contributed by atoms with van der Waals surface area (Å²) in [6, 6.07) is 0. The van der Waals surface area contributed by atoms with Gasteiger partial charge in [-0.2, -0.15) is 0 Å². The zero-order chi connectivity index (χ0) is 15.4. The monoisotopic (exact) mass is 286 g/mol. The number of nitrogens with zero attached hydrogens (tertiary/aromatic N) is 1. The van der Waals surface area contributed by atoms with Crippen LogP contribution in [0.1, 0.15) is 33.6 Å². The molecule has 0 atom stereocenters. The molecule has 0 saturated carbocycles. The lowest BCUT2D eigenvalue weighted by Crippen LogP contribution is -2.60.